The van der Waals surface area contributed by atoms with Crippen LogP contribution in [0, 0.1) is 0 Å². The fourth-order valence-electron chi connectivity index (χ4n) is 1.80. The van der Waals surface area contributed by atoms with Gasteiger partial charge in [-0.2, -0.15) is 0 Å². The van der Waals surface area contributed by atoms with Crippen molar-refractivity contribution >= 4 is 27.5 Å². The van der Waals surface area contributed by atoms with E-state index < -0.39 is 0 Å². The van der Waals surface area contributed by atoms with Crippen LogP contribution < -0.4 is 5.32 Å². The van der Waals surface area contributed by atoms with Crippen LogP contribution in [0.4, 0.5) is 0 Å². The molecule has 1 atom stereocenters. The smallest absolute Gasteiger partial charge is 0.139 e. The number of halogens is 2. The van der Waals surface area contributed by atoms with E-state index in [4.69, 9.17) is 11.6 Å². The Morgan fingerprint density at radius 2 is 2.29 bits per heavy atom. The van der Waals surface area contributed by atoms with Crippen molar-refractivity contribution in [3.8, 4) is 5.75 Å². The zero-order chi connectivity index (χ0) is 10.1. The van der Waals surface area contributed by atoms with Crippen molar-refractivity contribution in [3.63, 3.8) is 0 Å². The SMILES string of the molecule is Oc1c(Cl)cc(Br)cc1[C@@H]1CCCN1. The summed E-state index contributed by atoms with van der Waals surface area (Å²) < 4.78 is 0.906. The summed E-state index contributed by atoms with van der Waals surface area (Å²) in [6.07, 6.45) is 2.20. The van der Waals surface area contributed by atoms with E-state index in [0.29, 0.717) is 5.02 Å². The number of hydrogen-bond acceptors (Lipinski definition) is 2. The van der Waals surface area contributed by atoms with Crippen LogP contribution in [0.1, 0.15) is 24.4 Å². The van der Waals surface area contributed by atoms with Gasteiger partial charge in [0, 0.05) is 16.1 Å². The van der Waals surface area contributed by atoms with Gasteiger partial charge in [-0.1, -0.05) is 27.5 Å². The van der Waals surface area contributed by atoms with Crippen LogP contribution in [0.5, 0.6) is 5.75 Å². The Balaban J connectivity index is 2.40. The van der Waals surface area contributed by atoms with Gasteiger partial charge in [-0.05, 0) is 31.5 Å². The molecule has 0 aromatic heterocycles. The Labute approximate surface area is 96.4 Å². The molecule has 0 amide bonds. The van der Waals surface area contributed by atoms with Crippen molar-refractivity contribution < 1.29 is 5.11 Å². The lowest BCUT2D eigenvalue weighted by molar-refractivity contribution is 0.457. The Bertz CT molecular complexity index is 350. The molecule has 0 bridgehead atoms. The lowest BCUT2D eigenvalue weighted by Gasteiger charge is -2.13. The summed E-state index contributed by atoms with van der Waals surface area (Å²) in [5.74, 6) is 0.203. The summed E-state index contributed by atoms with van der Waals surface area (Å²) in [5.41, 5.74) is 0.891. The molecular weight excluding hydrogens is 265 g/mol. The van der Waals surface area contributed by atoms with E-state index in [-0.39, 0.29) is 11.8 Å². The molecule has 0 radical (unpaired) electrons. The standard InChI is InChI=1S/C10H11BrClNO/c11-6-4-7(9-2-1-3-13-9)10(14)8(12)5-6/h4-5,9,13-14H,1-3H2/t9-/m0/s1. The zero-order valence-corrected chi connectivity index (χ0v) is 9.90. The molecule has 2 rings (SSSR count). The first-order valence-corrected chi connectivity index (χ1v) is 5.77. The second-order valence-electron chi connectivity index (χ2n) is 3.47. The van der Waals surface area contributed by atoms with Crippen LogP contribution in [0.3, 0.4) is 0 Å². The Kier molecular flexibility index (Phi) is 3.00. The molecule has 0 unspecified atom stereocenters. The van der Waals surface area contributed by atoms with E-state index in [1.54, 1.807) is 6.07 Å². The average molecular weight is 277 g/mol. The van der Waals surface area contributed by atoms with Crippen LogP contribution in [-0.2, 0) is 0 Å². The highest BCUT2D eigenvalue weighted by Crippen LogP contribution is 2.37. The van der Waals surface area contributed by atoms with E-state index >= 15 is 0 Å². The summed E-state index contributed by atoms with van der Waals surface area (Å²) in [7, 11) is 0. The maximum absolute atomic E-state index is 9.79. The van der Waals surface area contributed by atoms with Crippen molar-refractivity contribution in [2.24, 2.45) is 0 Å². The Hall–Kier alpha value is -0.250. The van der Waals surface area contributed by atoms with E-state index in [1.165, 1.54) is 0 Å². The van der Waals surface area contributed by atoms with Crippen LogP contribution in [0.15, 0.2) is 16.6 Å². The monoisotopic (exact) mass is 275 g/mol. The minimum absolute atomic E-state index is 0.203. The third-order valence-corrected chi connectivity index (χ3v) is 3.24. The van der Waals surface area contributed by atoms with Crippen LogP contribution in [0.25, 0.3) is 0 Å². The van der Waals surface area contributed by atoms with E-state index in [9.17, 15) is 5.11 Å². The topological polar surface area (TPSA) is 32.3 Å². The predicted molar refractivity (Wildman–Crippen MR) is 60.8 cm³/mol. The summed E-state index contributed by atoms with van der Waals surface area (Å²) in [6, 6.07) is 3.87. The van der Waals surface area contributed by atoms with E-state index in [2.05, 4.69) is 21.2 Å². The molecular formula is C10H11BrClNO. The molecule has 0 spiro atoms. The molecule has 2 nitrogen and oxygen atoms in total. The van der Waals surface area contributed by atoms with Crippen molar-refractivity contribution in [1.29, 1.82) is 0 Å². The van der Waals surface area contributed by atoms with Gasteiger partial charge in [-0.25, -0.2) is 0 Å². The second kappa shape index (κ2) is 4.09. The average Bonchev–Trinajstić information content (AvgIpc) is 2.63. The molecule has 76 valence electrons. The highest BCUT2D eigenvalue weighted by Gasteiger charge is 2.20. The number of rotatable bonds is 1. The first-order chi connectivity index (χ1) is 6.68. The molecule has 1 heterocycles. The van der Waals surface area contributed by atoms with Gasteiger partial charge in [-0.3, -0.25) is 0 Å². The zero-order valence-electron chi connectivity index (χ0n) is 7.56. The van der Waals surface area contributed by atoms with Gasteiger partial charge in [0.05, 0.1) is 5.02 Å². The summed E-state index contributed by atoms with van der Waals surface area (Å²) in [6.45, 7) is 1.01. The molecule has 1 saturated heterocycles. The van der Waals surface area contributed by atoms with Gasteiger partial charge < -0.3 is 10.4 Å². The van der Waals surface area contributed by atoms with Crippen molar-refractivity contribution in [2.45, 2.75) is 18.9 Å². The molecule has 1 aliphatic heterocycles. The second-order valence-corrected chi connectivity index (χ2v) is 4.80. The number of hydrogen-bond donors (Lipinski definition) is 2. The fourth-order valence-corrected chi connectivity index (χ4v) is 2.64. The van der Waals surface area contributed by atoms with Crippen molar-refractivity contribution in [2.75, 3.05) is 6.54 Å². The first kappa shape index (κ1) is 10.3. The summed E-state index contributed by atoms with van der Waals surface area (Å²) in [5, 5.41) is 13.5. The van der Waals surface area contributed by atoms with Gasteiger partial charge in [-0.15, -0.1) is 0 Å². The van der Waals surface area contributed by atoms with Crippen LogP contribution in [-0.4, -0.2) is 11.7 Å². The van der Waals surface area contributed by atoms with Crippen molar-refractivity contribution in [3.05, 3.63) is 27.2 Å². The summed E-state index contributed by atoms with van der Waals surface area (Å²) in [4.78, 5) is 0. The lowest BCUT2D eigenvalue weighted by atomic mass is 10.0. The highest BCUT2D eigenvalue weighted by atomic mass is 79.9. The molecule has 1 fully saturated rings. The highest BCUT2D eigenvalue weighted by molar-refractivity contribution is 9.10. The number of aromatic hydroxyl groups is 1. The van der Waals surface area contributed by atoms with Gasteiger partial charge in [0.1, 0.15) is 5.75 Å². The third kappa shape index (κ3) is 1.90. The van der Waals surface area contributed by atoms with Gasteiger partial charge in [0.25, 0.3) is 0 Å². The molecule has 1 aromatic rings. The molecule has 1 aliphatic rings. The minimum atomic E-state index is 0.203. The number of nitrogens with one attached hydrogen (secondary N) is 1. The van der Waals surface area contributed by atoms with E-state index in [0.717, 1.165) is 29.4 Å². The molecule has 0 aliphatic carbocycles. The first-order valence-electron chi connectivity index (χ1n) is 4.60. The molecule has 4 heteroatoms. The third-order valence-electron chi connectivity index (χ3n) is 2.49. The summed E-state index contributed by atoms with van der Waals surface area (Å²) >= 11 is 9.26. The normalized spacial score (nSPS) is 21.4. The molecule has 14 heavy (non-hydrogen) atoms. The largest absolute Gasteiger partial charge is 0.506 e. The minimum Gasteiger partial charge on any atom is -0.506 e. The quantitative estimate of drug-likeness (QED) is 0.825. The number of phenols is 1. The van der Waals surface area contributed by atoms with Crippen LogP contribution >= 0.6 is 27.5 Å². The maximum Gasteiger partial charge on any atom is 0.139 e. The maximum atomic E-state index is 9.79. The van der Waals surface area contributed by atoms with Gasteiger partial charge in [0.15, 0.2) is 0 Å². The lowest BCUT2D eigenvalue weighted by Crippen LogP contribution is -2.13. The number of benzene rings is 1. The Morgan fingerprint density at radius 1 is 1.50 bits per heavy atom. The van der Waals surface area contributed by atoms with E-state index in [1.807, 2.05) is 6.07 Å². The van der Waals surface area contributed by atoms with Gasteiger partial charge in [0.2, 0.25) is 0 Å². The molecule has 0 saturated carbocycles. The molecule has 1 aromatic carbocycles. The fraction of sp³-hybridized carbons (Fsp3) is 0.400. The molecule has 2 N–H and O–H groups in total. The van der Waals surface area contributed by atoms with Crippen molar-refractivity contribution in [1.82, 2.24) is 5.32 Å². The Morgan fingerprint density at radius 3 is 2.93 bits per heavy atom. The number of phenolic OH excluding ortho intramolecular Hbond substituents is 1. The van der Waals surface area contributed by atoms with Gasteiger partial charge >= 0.3 is 0 Å². The predicted octanol–water partition coefficient (Wildman–Crippen LogP) is 3.23. The van der Waals surface area contributed by atoms with Crippen LogP contribution in [0.2, 0.25) is 5.02 Å².